The van der Waals surface area contributed by atoms with Gasteiger partial charge in [0.05, 0.1) is 6.20 Å². The van der Waals surface area contributed by atoms with E-state index in [4.69, 9.17) is 0 Å². The fourth-order valence-corrected chi connectivity index (χ4v) is 3.81. The molecule has 5 nitrogen and oxygen atoms in total. The van der Waals surface area contributed by atoms with Gasteiger partial charge in [0.15, 0.2) is 5.65 Å². The van der Waals surface area contributed by atoms with Crippen LogP contribution in [0.2, 0.25) is 0 Å². The summed E-state index contributed by atoms with van der Waals surface area (Å²) in [4.78, 5) is 6.84. The van der Waals surface area contributed by atoms with Gasteiger partial charge in [-0.25, -0.2) is 8.91 Å². The van der Waals surface area contributed by atoms with Gasteiger partial charge in [-0.05, 0) is 44.7 Å². The number of nitrogens with zero attached hydrogens (tertiary/aromatic N) is 4. The molecule has 2 saturated heterocycles. The average molecular weight is 289 g/mol. The van der Waals surface area contributed by atoms with Crippen LogP contribution in [0.3, 0.4) is 0 Å². The highest BCUT2D eigenvalue weighted by Crippen LogP contribution is 2.31. The van der Waals surface area contributed by atoms with Crippen LogP contribution in [0.15, 0.2) is 18.3 Å². The Morgan fingerprint density at radius 1 is 1.33 bits per heavy atom. The third-order valence-corrected chi connectivity index (χ3v) is 4.77. The van der Waals surface area contributed by atoms with Gasteiger partial charge < -0.3 is 10.2 Å². The van der Waals surface area contributed by atoms with Gasteiger partial charge in [0, 0.05) is 24.7 Å². The first-order valence-electron chi connectivity index (χ1n) is 7.77. The highest BCUT2D eigenvalue weighted by atomic mass is 19.1. The number of rotatable bonds is 3. The lowest BCUT2D eigenvalue weighted by atomic mass is 9.98. The van der Waals surface area contributed by atoms with Crippen molar-refractivity contribution in [1.82, 2.24) is 19.9 Å². The Labute approximate surface area is 123 Å². The van der Waals surface area contributed by atoms with E-state index >= 15 is 0 Å². The largest absolute Gasteiger partial charge is 0.337 e. The number of piperidine rings is 1. The number of fused-ring (bicyclic) bond motifs is 3. The molecule has 2 bridgehead atoms. The SMILES string of the molecule is CCN(c1nc2ccc(F)cn2n1)C1CC2CCC(C1)N2. The molecule has 0 aliphatic carbocycles. The van der Waals surface area contributed by atoms with Crippen LogP contribution in [-0.2, 0) is 0 Å². The van der Waals surface area contributed by atoms with Gasteiger partial charge in [0.2, 0.25) is 5.95 Å². The second kappa shape index (κ2) is 4.94. The van der Waals surface area contributed by atoms with Crippen molar-refractivity contribution in [3.8, 4) is 0 Å². The van der Waals surface area contributed by atoms with Gasteiger partial charge >= 0.3 is 0 Å². The van der Waals surface area contributed by atoms with Crippen LogP contribution in [0.4, 0.5) is 10.3 Å². The highest BCUT2D eigenvalue weighted by molar-refractivity contribution is 5.45. The summed E-state index contributed by atoms with van der Waals surface area (Å²) < 4.78 is 14.8. The van der Waals surface area contributed by atoms with Gasteiger partial charge in [0.1, 0.15) is 5.82 Å². The van der Waals surface area contributed by atoms with E-state index in [1.807, 2.05) is 0 Å². The van der Waals surface area contributed by atoms with Gasteiger partial charge in [-0.1, -0.05) is 0 Å². The van der Waals surface area contributed by atoms with Gasteiger partial charge in [-0.15, -0.1) is 5.10 Å². The lowest BCUT2D eigenvalue weighted by molar-refractivity contribution is 0.347. The van der Waals surface area contributed by atoms with Crippen molar-refractivity contribution in [3.63, 3.8) is 0 Å². The Morgan fingerprint density at radius 2 is 2.10 bits per heavy atom. The number of hydrogen-bond acceptors (Lipinski definition) is 4. The molecule has 0 amide bonds. The predicted molar refractivity (Wildman–Crippen MR) is 78.9 cm³/mol. The van der Waals surface area contributed by atoms with E-state index < -0.39 is 0 Å². The summed E-state index contributed by atoms with van der Waals surface area (Å²) in [7, 11) is 0. The second-order valence-electron chi connectivity index (χ2n) is 6.11. The van der Waals surface area contributed by atoms with Crippen LogP contribution in [0, 0.1) is 5.82 Å². The molecule has 6 heteroatoms. The molecule has 2 aliphatic rings. The topological polar surface area (TPSA) is 45.5 Å². The van der Waals surface area contributed by atoms with E-state index in [9.17, 15) is 4.39 Å². The summed E-state index contributed by atoms with van der Waals surface area (Å²) in [6.45, 7) is 3.01. The summed E-state index contributed by atoms with van der Waals surface area (Å²) in [5.41, 5.74) is 0.696. The molecule has 1 N–H and O–H groups in total. The van der Waals surface area contributed by atoms with Crippen LogP contribution >= 0.6 is 0 Å². The molecule has 2 fully saturated rings. The Hall–Kier alpha value is -1.69. The van der Waals surface area contributed by atoms with Gasteiger partial charge in [-0.2, -0.15) is 4.98 Å². The number of nitrogens with one attached hydrogen (secondary N) is 1. The maximum absolute atomic E-state index is 13.3. The Morgan fingerprint density at radius 3 is 2.81 bits per heavy atom. The van der Waals surface area contributed by atoms with Crippen molar-refractivity contribution < 1.29 is 4.39 Å². The fraction of sp³-hybridized carbons (Fsp3) is 0.600. The number of halogens is 1. The zero-order chi connectivity index (χ0) is 14.4. The van der Waals surface area contributed by atoms with E-state index in [1.165, 1.54) is 29.6 Å². The van der Waals surface area contributed by atoms with E-state index in [2.05, 4.69) is 27.2 Å². The van der Waals surface area contributed by atoms with Crippen LogP contribution in [-0.4, -0.2) is 39.3 Å². The summed E-state index contributed by atoms with van der Waals surface area (Å²) in [5.74, 6) is 0.427. The molecular formula is C15H20FN5. The molecule has 4 heterocycles. The Bertz CT molecular complexity index is 643. The number of hydrogen-bond donors (Lipinski definition) is 1. The molecule has 2 aromatic heterocycles. The van der Waals surface area contributed by atoms with Crippen LogP contribution in [0.1, 0.15) is 32.6 Å². The Kier molecular flexibility index (Phi) is 3.06. The minimum absolute atomic E-state index is 0.290. The first-order chi connectivity index (χ1) is 10.2. The summed E-state index contributed by atoms with van der Waals surface area (Å²) in [6.07, 6.45) is 6.24. The molecule has 2 aliphatic heterocycles. The lowest BCUT2D eigenvalue weighted by Gasteiger charge is -2.36. The molecule has 2 unspecified atom stereocenters. The minimum atomic E-state index is -0.290. The summed E-state index contributed by atoms with van der Waals surface area (Å²) in [6, 6.07) is 4.85. The fourth-order valence-electron chi connectivity index (χ4n) is 3.81. The summed E-state index contributed by atoms with van der Waals surface area (Å²) >= 11 is 0. The standard InChI is InChI=1S/C15H20FN5/c1-2-20(13-7-11-4-5-12(8-13)17-11)15-18-14-6-3-10(16)9-21(14)19-15/h3,6,9,11-13,17H,2,4-5,7-8H2,1H3. The molecule has 0 radical (unpaired) electrons. The molecule has 2 atom stereocenters. The second-order valence-corrected chi connectivity index (χ2v) is 6.11. The Balaban J connectivity index is 1.64. The highest BCUT2D eigenvalue weighted by Gasteiger charge is 2.36. The smallest absolute Gasteiger partial charge is 0.245 e. The number of aromatic nitrogens is 3. The quantitative estimate of drug-likeness (QED) is 0.938. The van der Waals surface area contributed by atoms with E-state index in [0.717, 1.165) is 25.3 Å². The van der Waals surface area contributed by atoms with Gasteiger partial charge in [0.25, 0.3) is 0 Å². The molecule has 2 aromatic rings. The normalized spacial score (nSPS) is 28.2. The number of pyridine rings is 1. The first kappa shape index (κ1) is 13.0. The molecule has 0 aromatic carbocycles. The van der Waals surface area contributed by atoms with Crippen LogP contribution < -0.4 is 10.2 Å². The van der Waals surface area contributed by atoms with Crippen molar-refractivity contribution in [2.75, 3.05) is 11.4 Å². The molecule has 21 heavy (non-hydrogen) atoms. The van der Waals surface area contributed by atoms with Crippen molar-refractivity contribution >= 4 is 11.6 Å². The summed E-state index contributed by atoms with van der Waals surface area (Å²) in [5, 5.41) is 8.12. The third-order valence-electron chi connectivity index (χ3n) is 4.77. The van der Waals surface area contributed by atoms with Crippen molar-refractivity contribution in [2.45, 2.75) is 50.7 Å². The molecular weight excluding hydrogens is 269 g/mol. The predicted octanol–water partition coefficient (Wildman–Crippen LogP) is 1.98. The molecule has 4 rings (SSSR count). The van der Waals surface area contributed by atoms with E-state index in [0.29, 0.717) is 23.8 Å². The maximum Gasteiger partial charge on any atom is 0.245 e. The monoisotopic (exact) mass is 289 g/mol. The zero-order valence-electron chi connectivity index (χ0n) is 12.2. The first-order valence-corrected chi connectivity index (χ1v) is 7.77. The van der Waals surface area contributed by atoms with Crippen molar-refractivity contribution in [2.24, 2.45) is 0 Å². The zero-order valence-corrected chi connectivity index (χ0v) is 12.2. The van der Waals surface area contributed by atoms with E-state index in [-0.39, 0.29) is 5.82 Å². The minimum Gasteiger partial charge on any atom is -0.337 e. The van der Waals surface area contributed by atoms with Crippen molar-refractivity contribution in [3.05, 3.63) is 24.1 Å². The average Bonchev–Trinajstić information content (AvgIpc) is 3.02. The van der Waals surface area contributed by atoms with Crippen LogP contribution in [0.25, 0.3) is 5.65 Å². The van der Waals surface area contributed by atoms with Crippen molar-refractivity contribution in [1.29, 1.82) is 0 Å². The lowest BCUT2D eigenvalue weighted by Crippen LogP contribution is -2.48. The number of anilines is 1. The maximum atomic E-state index is 13.3. The molecule has 0 spiro atoms. The molecule has 112 valence electrons. The van der Waals surface area contributed by atoms with Crippen LogP contribution in [0.5, 0.6) is 0 Å². The van der Waals surface area contributed by atoms with E-state index in [1.54, 1.807) is 6.07 Å². The van der Waals surface area contributed by atoms with Gasteiger partial charge in [-0.3, -0.25) is 0 Å². The third kappa shape index (κ3) is 2.27. The molecule has 0 saturated carbocycles.